The van der Waals surface area contributed by atoms with Crippen LogP contribution in [-0.2, 0) is 14.3 Å². The van der Waals surface area contributed by atoms with E-state index in [4.69, 9.17) is 14.2 Å². The van der Waals surface area contributed by atoms with Crippen molar-refractivity contribution in [2.24, 2.45) is 0 Å². The van der Waals surface area contributed by atoms with Crippen LogP contribution in [0.3, 0.4) is 0 Å². The molecule has 1 aliphatic heterocycles. The van der Waals surface area contributed by atoms with Gasteiger partial charge in [0.1, 0.15) is 5.75 Å². The van der Waals surface area contributed by atoms with Crippen LogP contribution in [0.25, 0.3) is 0 Å². The van der Waals surface area contributed by atoms with Gasteiger partial charge in [0.15, 0.2) is 5.76 Å². The first-order chi connectivity index (χ1) is 9.70. The van der Waals surface area contributed by atoms with Crippen LogP contribution in [0.15, 0.2) is 36.1 Å². The van der Waals surface area contributed by atoms with Crippen molar-refractivity contribution < 1.29 is 19.0 Å². The predicted octanol–water partition coefficient (Wildman–Crippen LogP) is 3.64. The van der Waals surface area contributed by atoms with Crippen molar-refractivity contribution in [3.05, 3.63) is 39.7 Å². The zero-order valence-corrected chi connectivity index (χ0v) is 13.5. The van der Waals surface area contributed by atoms with Gasteiger partial charge in [-0.2, -0.15) is 0 Å². The van der Waals surface area contributed by atoms with Gasteiger partial charge in [-0.3, -0.25) is 0 Å². The number of benzene rings is 1. The molecule has 4 nitrogen and oxygen atoms in total. The van der Waals surface area contributed by atoms with Gasteiger partial charge in [0.25, 0.3) is 0 Å². The lowest BCUT2D eigenvalue weighted by Crippen LogP contribution is -2.21. The first-order valence-corrected chi connectivity index (χ1v) is 7.74. The minimum absolute atomic E-state index is 0.425. The van der Waals surface area contributed by atoms with Crippen molar-refractivity contribution >= 4 is 28.6 Å². The Bertz CT molecular complexity index is 498. The minimum Gasteiger partial charge on any atom is -0.490 e. The topological polar surface area (TPSA) is 44.8 Å². The normalized spacial score (nSPS) is 17.6. The fourth-order valence-electron chi connectivity index (χ4n) is 1.77. The number of carbonyl (C=O) groups is 1. The summed E-state index contributed by atoms with van der Waals surface area (Å²) in [5, 5.41) is 0. The van der Waals surface area contributed by atoms with E-state index in [0.717, 1.165) is 22.8 Å². The number of cyclic esters (lactones) is 1. The third-order valence-electron chi connectivity index (χ3n) is 2.80. The Kier molecular flexibility index (Phi) is 5.70. The summed E-state index contributed by atoms with van der Waals surface area (Å²) in [6.45, 7) is 2.70. The third kappa shape index (κ3) is 4.13. The van der Waals surface area contributed by atoms with E-state index in [-0.39, 0.29) is 0 Å². The lowest BCUT2D eigenvalue weighted by molar-refractivity contribution is -0.151. The molecule has 0 amide bonds. The lowest BCUT2D eigenvalue weighted by atomic mass is 10.3. The molecule has 1 atom stereocenters. The average molecular weight is 388 g/mol. The SMILES string of the molecule is CCCCCOC1=CC(=O)OC1Oc1ccccc1I. The molecule has 0 radical (unpaired) electrons. The second kappa shape index (κ2) is 7.52. The van der Waals surface area contributed by atoms with E-state index in [2.05, 4.69) is 29.5 Å². The summed E-state index contributed by atoms with van der Waals surface area (Å²) in [7, 11) is 0. The number of para-hydroxylation sites is 1. The Labute approximate surface area is 132 Å². The zero-order chi connectivity index (χ0) is 14.4. The van der Waals surface area contributed by atoms with Crippen LogP contribution < -0.4 is 4.74 Å². The maximum atomic E-state index is 11.4. The van der Waals surface area contributed by atoms with E-state index in [1.807, 2.05) is 24.3 Å². The van der Waals surface area contributed by atoms with Crippen LogP contribution in [0.2, 0.25) is 0 Å². The first kappa shape index (κ1) is 15.2. The third-order valence-corrected chi connectivity index (χ3v) is 3.69. The molecule has 1 aromatic rings. The van der Waals surface area contributed by atoms with Gasteiger partial charge in [-0.1, -0.05) is 31.9 Å². The summed E-state index contributed by atoms with van der Waals surface area (Å²) in [5.74, 6) is 0.702. The van der Waals surface area contributed by atoms with Gasteiger partial charge in [0, 0.05) is 0 Å². The Morgan fingerprint density at radius 2 is 2.10 bits per heavy atom. The second-order valence-electron chi connectivity index (χ2n) is 4.42. The van der Waals surface area contributed by atoms with Crippen LogP contribution in [0, 0.1) is 3.57 Å². The highest BCUT2D eigenvalue weighted by Gasteiger charge is 2.30. The van der Waals surface area contributed by atoms with Gasteiger partial charge in [-0.05, 0) is 41.1 Å². The van der Waals surface area contributed by atoms with Gasteiger partial charge in [-0.15, -0.1) is 0 Å². The van der Waals surface area contributed by atoms with E-state index in [1.165, 1.54) is 6.08 Å². The number of esters is 1. The molecule has 0 spiro atoms. The Balaban J connectivity index is 1.95. The number of unbranched alkanes of at least 4 members (excludes halogenated alkanes) is 2. The van der Waals surface area contributed by atoms with Crippen molar-refractivity contribution in [1.29, 1.82) is 0 Å². The molecule has 108 valence electrons. The van der Waals surface area contributed by atoms with Crippen molar-refractivity contribution in [1.82, 2.24) is 0 Å². The molecule has 0 fully saturated rings. The quantitative estimate of drug-likeness (QED) is 0.407. The number of carbonyl (C=O) groups excluding carboxylic acids is 1. The molecule has 1 unspecified atom stereocenters. The Hall–Kier alpha value is -1.24. The molecule has 1 aromatic carbocycles. The van der Waals surface area contributed by atoms with E-state index in [0.29, 0.717) is 18.1 Å². The van der Waals surface area contributed by atoms with Crippen LogP contribution in [0.5, 0.6) is 5.75 Å². The number of rotatable bonds is 7. The van der Waals surface area contributed by atoms with E-state index in [1.54, 1.807) is 0 Å². The smallest absolute Gasteiger partial charge is 0.337 e. The molecule has 20 heavy (non-hydrogen) atoms. The number of halogens is 1. The van der Waals surface area contributed by atoms with Crippen LogP contribution in [0.1, 0.15) is 26.2 Å². The number of hydrogen-bond acceptors (Lipinski definition) is 4. The molecular formula is C15H17IO4. The van der Waals surface area contributed by atoms with E-state index in [9.17, 15) is 4.79 Å². The van der Waals surface area contributed by atoms with E-state index < -0.39 is 12.3 Å². The zero-order valence-electron chi connectivity index (χ0n) is 11.3. The summed E-state index contributed by atoms with van der Waals surface area (Å²) in [5.41, 5.74) is 0. The number of ether oxygens (including phenoxy) is 3. The van der Waals surface area contributed by atoms with Gasteiger partial charge in [0.2, 0.25) is 0 Å². The molecule has 0 aromatic heterocycles. The molecule has 5 heteroatoms. The van der Waals surface area contributed by atoms with Crippen molar-refractivity contribution in [2.45, 2.75) is 32.5 Å². The summed E-state index contributed by atoms with van der Waals surface area (Å²) in [4.78, 5) is 11.4. The molecule has 0 aliphatic carbocycles. The second-order valence-corrected chi connectivity index (χ2v) is 5.58. The van der Waals surface area contributed by atoms with Crippen molar-refractivity contribution in [2.75, 3.05) is 6.61 Å². The molecule has 2 rings (SSSR count). The maximum absolute atomic E-state index is 11.4. The molecule has 0 saturated carbocycles. The van der Waals surface area contributed by atoms with Gasteiger partial charge < -0.3 is 14.2 Å². The highest BCUT2D eigenvalue weighted by Crippen LogP contribution is 2.26. The lowest BCUT2D eigenvalue weighted by Gasteiger charge is -2.17. The highest BCUT2D eigenvalue weighted by molar-refractivity contribution is 14.1. The van der Waals surface area contributed by atoms with Gasteiger partial charge >= 0.3 is 12.3 Å². The largest absolute Gasteiger partial charge is 0.490 e. The van der Waals surface area contributed by atoms with Crippen molar-refractivity contribution in [3.63, 3.8) is 0 Å². The standard InChI is InChI=1S/C15H17IO4/c1-2-3-6-9-18-13-10-14(17)20-15(13)19-12-8-5-4-7-11(12)16/h4-5,7-8,10,15H,2-3,6,9H2,1H3. The fraction of sp³-hybridized carbons (Fsp3) is 0.400. The monoisotopic (exact) mass is 388 g/mol. The molecule has 0 N–H and O–H groups in total. The molecule has 1 aliphatic rings. The molecular weight excluding hydrogens is 371 g/mol. The van der Waals surface area contributed by atoms with Crippen LogP contribution >= 0.6 is 22.6 Å². The maximum Gasteiger partial charge on any atom is 0.337 e. The Morgan fingerprint density at radius 3 is 2.85 bits per heavy atom. The molecule has 1 heterocycles. The summed E-state index contributed by atoms with van der Waals surface area (Å²) in [6.07, 6.45) is 3.76. The van der Waals surface area contributed by atoms with Crippen LogP contribution in [-0.4, -0.2) is 18.9 Å². The van der Waals surface area contributed by atoms with Crippen molar-refractivity contribution in [3.8, 4) is 5.75 Å². The molecule has 0 bridgehead atoms. The van der Waals surface area contributed by atoms with Gasteiger partial charge in [0.05, 0.1) is 16.3 Å². The number of hydrogen-bond donors (Lipinski definition) is 0. The average Bonchev–Trinajstić information content (AvgIpc) is 2.78. The first-order valence-electron chi connectivity index (χ1n) is 6.67. The molecule has 0 saturated heterocycles. The summed E-state index contributed by atoms with van der Waals surface area (Å²) in [6, 6.07) is 7.56. The van der Waals surface area contributed by atoms with Gasteiger partial charge in [-0.25, -0.2) is 4.79 Å². The summed E-state index contributed by atoms with van der Waals surface area (Å²) < 4.78 is 17.4. The summed E-state index contributed by atoms with van der Waals surface area (Å²) >= 11 is 2.17. The van der Waals surface area contributed by atoms with E-state index >= 15 is 0 Å². The highest BCUT2D eigenvalue weighted by atomic mass is 127. The Morgan fingerprint density at radius 1 is 1.30 bits per heavy atom. The predicted molar refractivity (Wildman–Crippen MR) is 83.2 cm³/mol. The fourth-order valence-corrected chi connectivity index (χ4v) is 2.29. The van der Waals surface area contributed by atoms with Crippen LogP contribution in [0.4, 0.5) is 0 Å². The minimum atomic E-state index is -0.778.